The Morgan fingerprint density at radius 1 is 0.917 bits per heavy atom. The van der Waals surface area contributed by atoms with E-state index in [-0.39, 0.29) is 17.8 Å². The smallest absolute Gasteiger partial charge is 0.271 e. The van der Waals surface area contributed by atoms with Crippen molar-refractivity contribution in [1.82, 2.24) is 14.3 Å². The standard InChI is InChI=1S/C20H19N3O/c24-20-22-18(14-6-2-1-3-7-14)10-11-19(22)21-23(20)17-12-15-8-4-5-9-16(15)13-17/h1-9,17-18H,10-13H2/t18-/m0/s1. The zero-order valence-electron chi connectivity index (χ0n) is 13.4. The second kappa shape index (κ2) is 5.20. The summed E-state index contributed by atoms with van der Waals surface area (Å²) >= 11 is 0. The molecule has 0 N–H and O–H groups in total. The van der Waals surface area contributed by atoms with Crippen LogP contribution in [0.4, 0.5) is 0 Å². The summed E-state index contributed by atoms with van der Waals surface area (Å²) in [7, 11) is 0. The molecule has 2 aliphatic rings. The Morgan fingerprint density at radius 3 is 2.29 bits per heavy atom. The molecule has 0 saturated heterocycles. The van der Waals surface area contributed by atoms with Crippen LogP contribution in [0.3, 0.4) is 0 Å². The largest absolute Gasteiger partial charge is 0.346 e. The van der Waals surface area contributed by atoms with Gasteiger partial charge in [0.2, 0.25) is 0 Å². The molecule has 0 bridgehead atoms. The topological polar surface area (TPSA) is 39.8 Å². The number of aromatic nitrogens is 3. The van der Waals surface area contributed by atoms with Gasteiger partial charge in [-0.1, -0.05) is 54.6 Å². The molecule has 3 aromatic rings. The van der Waals surface area contributed by atoms with Crippen LogP contribution in [0.15, 0.2) is 59.4 Å². The Kier molecular flexibility index (Phi) is 2.98. The first-order valence-electron chi connectivity index (χ1n) is 8.63. The molecule has 1 aromatic heterocycles. The summed E-state index contributed by atoms with van der Waals surface area (Å²) in [6, 6.07) is 19.1. The van der Waals surface area contributed by atoms with Gasteiger partial charge in [-0.25, -0.2) is 9.48 Å². The van der Waals surface area contributed by atoms with Crippen LogP contribution in [0, 0.1) is 0 Å². The second-order valence-electron chi connectivity index (χ2n) is 6.81. The van der Waals surface area contributed by atoms with Crippen molar-refractivity contribution in [3.63, 3.8) is 0 Å². The normalized spacial score (nSPS) is 19.4. The third kappa shape index (κ3) is 1.99. The minimum Gasteiger partial charge on any atom is -0.271 e. The fourth-order valence-electron chi connectivity index (χ4n) is 4.25. The Balaban J connectivity index is 1.53. The first-order chi connectivity index (χ1) is 11.8. The Hall–Kier alpha value is -2.62. The van der Waals surface area contributed by atoms with Crippen molar-refractivity contribution < 1.29 is 0 Å². The number of hydrogen-bond acceptors (Lipinski definition) is 2. The van der Waals surface area contributed by atoms with Crippen molar-refractivity contribution in [2.24, 2.45) is 0 Å². The quantitative estimate of drug-likeness (QED) is 0.729. The molecule has 4 heteroatoms. The minimum absolute atomic E-state index is 0.0501. The summed E-state index contributed by atoms with van der Waals surface area (Å²) in [6.07, 6.45) is 3.65. The predicted molar refractivity (Wildman–Crippen MR) is 92.3 cm³/mol. The number of nitrogens with zero attached hydrogens (tertiary/aromatic N) is 3. The van der Waals surface area contributed by atoms with E-state index in [4.69, 9.17) is 5.10 Å². The van der Waals surface area contributed by atoms with E-state index < -0.39 is 0 Å². The number of hydrogen-bond donors (Lipinski definition) is 0. The van der Waals surface area contributed by atoms with Gasteiger partial charge in [-0.3, -0.25) is 4.57 Å². The lowest BCUT2D eigenvalue weighted by Gasteiger charge is -2.13. The van der Waals surface area contributed by atoms with Crippen molar-refractivity contribution in [2.75, 3.05) is 0 Å². The monoisotopic (exact) mass is 317 g/mol. The lowest BCUT2D eigenvalue weighted by atomic mass is 10.1. The van der Waals surface area contributed by atoms with Crippen LogP contribution in [0.25, 0.3) is 0 Å². The summed E-state index contributed by atoms with van der Waals surface area (Å²) in [4.78, 5) is 13.0. The van der Waals surface area contributed by atoms with Crippen LogP contribution in [0.5, 0.6) is 0 Å². The highest BCUT2D eigenvalue weighted by atomic mass is 16.2. The minimum atomic E-state index is 0.0501. The molecule has 0 amide bonds. The number of benzene rings is 2. The molecule has 0 fully saturated rings. The fraction of sp³-hybridized carbons (Fsp3) is 0.300. The van der Waals surface area contributed by atoms with Crippen LogP contribution in [0.1, 0.15) is 41.0 Å². The van der Waals surface area contributed by atoms with Crippen LogP contribution in [-0.2, 0) is 19.3 Å². The Morgan fingerprint density at radius 2 is 1.58 bits per heavy atom. The van der Waals surface area contributed by atoms with Gasteiger partial charge in [0, 0.05) is 6.42 Å². The van der Waals surface area contributed by atoms with Gasteiger partial charge in [0.25, 0.3) is 0 Å². The molecule has 2 heterocycles. The van der Waals surface area contributed by atoms with Gasteiger partial charge < -0.3 is 0 Å². The van der Waals surface area contributed by atoms with Crippen LogP contribution >= 0.6 is 0 Å². The highest BCUT2D eigenvalue weighted by Crippen LogP contribution is 2.32. The van der Waals surface area contributed by atoms with E-state index in [1.54, 1.807) is 4.68 Å². The van der Waals surface area contributed by atoms with E-state index in [0.29, 0.717) is 0 Å². The van der Waals surface area contributed by atoms with E-state index in [2.05, 4.69) is 36.4 Å². The maximum absolute atomic E-state index is 13.0. The average molecular weight is 317 g/mol. The van der Waals surface area contributed by atoms with Gasteiger partial charge in [-0.05, 0) is 36.0 Å². The van der Waals surface area contributed by atoms with E-state index in [9.17, 15) is 4.79 Å². The third-order valence-corrected chi connectivity index (χ3v) is 5.42. The first-order valence-corrected chi connectivity index (χ1v) is 8.63. The molecule has 1 atom stereocenters. The molecule has 4 nitrogen and oxygen atoms in total. The third-order valence-electron chi connectivity index (χ3n) is 5.42. The van der Waals surface area contributed by atoms with Crippen molar-refractivity contribution in [1.29, 1.82) is 0 Å². The van der Waals surface area contributed by atoms with E-state index in [0.717, 1.165) is 31.5 Å². The van der Waals surface area contributed by atoms with Gasteiger partial charge in [0.1, 0.15) is 5.82 Å². The van der Waals surface area contributed by atoms with Gasteiger partial charge in [0.15, 0.2) is 0 Å². The van der Waals surface area contributed by atoms with Gasteiger partial charge >= 0.3 is 5.69 Å². The van der Waals surface area contributed by atoms with Crippen molar-refractivity contribution in [3.8, 4) is 0 Å². The maximum atomic E-state index is 13.0. The van der Waals surface area contributed by atoms with Crippen molar-refractivity contribution in [3.05, 3.63) is 87.6 Å². The zero-order chi connectivity index (χ0) is 16.1. The molecule has 1 aliphatic heterocycles. The molecule has 24 heavy (non-hydrogen) atoms. The summed E-state index contributed by atoms with van der Waals surface area (Å²) in [5.41, 5.74) is 3.95. The van der Waals surface area contributed by atoms with Crippen molar-refractivity contribution in [2.45, 2.75) is 37.8 Å². The summed E-state index contributed by atoms with van der Waals surface area (Å²) < 4.78 is 3.66. The fourth-order valence-corrected chi connectivity index (χ4v) is 4.25. The molecular formula is C20H19N3O. The van der Waals surface area contributed by atoms with E-state index >= 15 is 0 Å². The molecule has 5 rings (SSSR count). The first kappa shape index (κ1) is 13.8. The van der Waals surface area contributed by atoms with Crippen LogP contribution in [-0.4, -0.2) is 14.3 Å². The highest BCUT2D eigenvalue weighted by Gasteiger charge is 2.32. The van der Waals surface area contributed by atoms with Crippen molar-refractivity contribution >= 4 is 0 Å². The second-order valence-corrected chi connectivity index (χ2v) is 6.81. The number of rotatable bonds is 2. The average Bonchev–Trinajstić information content (AvgIpc) is 3.30. The van der Waals surface area contributed by atoms with Gasteiger partial charge in [-0.2, -0.15) is 5.10 Å². The maximum Gasteiger partial charge on any atom is 0.346 e. The van der Waals surface area contributed by atoms with Crippen LogP contribution < -0.4 is 5.69 Å². The lowest BCUT2D eigenvalue weighted by molar-refractivity contribution is 0.442. The molecular weight excluding hydrogens is 298 g/mol. The SMILES string of the molecule is O=c1n(C2Cc3ccccc3C2)nc2n1[C@H](c1ccccc1)CC2. The van der Waals surface area contributed by atoms with Crippen LogP contribution in [0.2, 0.25) is 0 Å². The van der Waals surface area contributed by atoms with E-state index in [1.165, 1.54) is 16.7 Å². The highest BCUT2D eigenvalue weighted by molar-refractivity contribution is 5.33. The lowest BCUT2D eigenvalue weighted by Crippen LogP contribution is -2.30. The number of fused-ring (bicyclic) bond motifs is 2. The molecule has 0 spiro atoms. The molecule has 0 saturated carbocycles. The van der Waals surface area contributed by atoms with Gasteiger partial charge in [-0.15, -0.1) is 0 Å². The predicted octanol–water partition coefficient (Wildman–Crippen LogP) is 2.92. The summed E-state index contributed by atoms with van der Waals surface area (Å²) in [6.45, 7) is 0. The van der Waals surface area contributed by atoms with E-state index in [1.807, 2.05) is 22.8 Å². The summed E-state index contributed by atoms with van der Waals surface area (Å²) in [5, 5.41) is 4.70. The molecule has 0 unspecified atom stereocenters. The zero-order valence-corrected chi connectivity index (χ0v) is 13.4. The van der Waals surface area contributed by atoms with Gasteiger partial charge in [0.05, 0.1) is 12.1 Å². The summed E-state index contributed by atoms with van der Waals surface area (Å²) in [5.74, 6) is 0.935. The number of aryl methyl sites for hydroxylation is 1. The molecule has 120 valence electrons. The molecule has 0 radical (unpaired) electrons. The Bertz CT molecular complexity index is 930. The molecule has 2 aromatic carbocycles. The molecule has 1 aliphatic carbocycles. The Labute approximate surface area is 140 Å².